The fourth-order valence-electron chi connectivity index (χ4n) is 5.67. The van der Waals surface area contributed by atoms with Crippen LogP contribution in [0.5, 0.6) is 0 Å². The maximum atomic E-state index is 13.2. The molecule has 3 fully saturated rings. The van der Waals surface area contributed by atoms with Crippen LogP contribution in [0, 0.1) is 0 Å². The number of hydrogen-bond donors (Lipinski definition) is 7. The van der Waals surface area contributed by atoms with Gasteiger partial charge in [-0.2, -0.15) is 18.9 Å². The van der Waals surface area contributed by atoms with Crippen LogP contribution in [0.4, 0.5) is 11.8 Å². The average molecular weight is 687 g/mol. The van der Waals surface area contributed by atoms with E-state index in [9.17, 15) is 29.4 Å². The van der Waals surface area contributed by atoms with Gasteiger partial charge in [-0.25, -0.2) is 14.5 Å². The Kier molecular flexibility index (Phi) is 7.88. The lowest BCUT2D eigenvalue weighted by Gasteiger charge is -2.25. The Morgan fingerprint density at radius 1 is 1.02 bits per heavy atom. The minimum absolute atomic E-state index is 0.0536. The number of phosphoric acid groups is 1. The Morgan fingerprint density at radius 2 is 1.74 bits per heavy atom. The van der Waals surface area contributed by atoms with Gasteiger partial charge in [0.25, 0.3) is 5.56 Å². The first-order valence-corrected chi connectivity index (χ1v) is 16.6. The van der Waals surface area contributed by atoms with E-state index in [0.29, 0.717) is 11.0 Å². The number of rotatable bonds is 3. The van der Waals surface area contributed by atoms with Crippen molar-refractivity contribution < 1.29 is 56.7 Å². The molecule has 3 aliphatic rings. The van der Waals surface area contributed by atoms with Crippen molar-refractivity contribution >= 4 is 49.8 Å². The van der Waals surface area contributed by atoms with Gasteiger partial charge >= 0.3 is 16.0 Å². The number of hydrogen-bond acceptors (Lipinski definition) is 17. The van der Waals surface area contributed by atoms with Crippen molar-refractivity contribution in [2.24, 2.45) is 0 Å². The summed E-state index contributed by atoms with van der Waals surface area (Å²) in [6.45, 7) is -1.33. The lowest BCUT2D eigenvalue weighted by atomic mass is 10.1. The number of nitrogens with one attached hydrogen (secondary N) is 1. The third-order valence-corrected chi connectivity index (χ3v) is 10.3. The summed E-state index contributed by atoms with van der Waals surface area (Å²) in [5, 5.41) is 23.1. The van der Waals surface area contributed by atoms with Crippen LogP contribution >= 0.6 is 16.0 Å². The highest BCUT2D eigenvalue weighted by atomic mass is 31.2. The second-order valence-electron chi connectivity index (χ2n) is 10.6. The molecule has 46 heavy (non-hydrogen) atoms. The molecule has 9 N–H and O–H groups in total. The number of ether oxygens (including phenoxy) is 2. The Labute approximate surface area is 257 Å². The molecule has 248 valence electrons. The van der Waals surface area contributed by atoms with Gasteiger partial charge in [0.15, 0.2) is 24.2 Å². The van der Waals surface area contributed by atoms with Crippen molar-refractivity contribution in [1.82, 2.24) is 29.1 Å². The molecule has 4 aromatic rings. The lowest BCUT2D eigenvalue weighted by Crippen LogP contribution is -2.37. The predicted molar refractivity (Wildman–Crippen MR) is 154 cm³/mol. The molecule has 7 rings (SSSR count). The summed E-state index contributed by atoms with van der Waals surface area (Å²) in [5.41, 5.74) is 11.5. The summed E-state index contributed by atoms with van der Waals surface area (Å²) >= 11 is 0. The molecule has 0 aliphatic carbocycles. The van der Waals surface area contributed by atoms with Gasteiger partial charge < -0.3 is 45.2 Å². The summed E-state index contributed by atoms with van der Waals surface area (Å²) in [7, 11) is -8.24. The second kappa shape index (κ2) is 11.5. The van der Waals surface area contributed by atoms with Crippen LogP contribution in [0.1, 0.15) is 12.5 Å². The summed E-state index contributed by atoms with van der Waals surface area (Å²) in [6, 6.07) is 3.02. The van der Waals surface area contributed by atoms with Gasteiger partial charge in [-0.15, -0.1) is 4.52 Å². The number of nitrogens with two attached hydrogens (primary N) is 2. The Morgan fingerprint density at radius 3 is 2.50 bits per heavy atom. The predicted octanol–water partition coefficient (Wildman–Crippen LogP) is -0.916. The molecule has 10 atom stereocenters. The molecule has 0 saturated carbocycles. The molecule has 0 aromatic carbocycles. The van der Waals surface area contributed by atoms with E-state index in [1.165, 1.54) is 33.9 Å². The molecule has 23 heteroatoms. The van der Waals surface area contributed by atoms with Crippen molar-refractivity contribution in [3.8, 4) is 0 Å². The van der Waals surface area contributed by atoms with E-state index < -0.39 is 83.8 Å². The van der Waals surface area contributed by atoms with E-state index in [0.717, 1.165) is 7.11 Å². The van der Waals surface area contributed by atoms with E-state index in [-0.39, 0.29) is 22.8 Å². The number of aliphatic hydroxyl groups is 2. The lowest BCUT2D eigenvalue weighted by molar-refractivity contribution is -0.0731. The minimum Gasteiger partial charge on any atom is -0.387 e. The van der Waals surface area contributed by atoms with Crippen LogP contribution in [0.3, 0.4) is 0 Å². The van der Waals surface area contributed by atoms with Gasteiger partial charge in [0.1, 0.15) is 54.9 Å². The number of anilines is 2. The van der Waals surface area contributed by atoms with Crippen LogP contribution in [0.25, 0.3) is 22.1 Å². The maximum absolute atomic E-state index is 13.2. The molecular weight excluding hydrogens is 658 g/mol. The fourth-order valence-corrected chi connectivity index (χ4v) is 7.76. The van der Waals surface area contributed by atoms with Gasteiger partial charge in [-0.05, 0) is 12.1 Å². The van der Waals surface area contributed by atoms with Crippen molar-refractivity contribution in [1.29, 1.82) is 0 Å². The van der Waals surface area contributed by atoms with Crippen LogP contribution in [0.2, 0.25) is 0 Å². The first-order valence-electron chi connectivity index (χ1n) is 13.6. The molecule has 21 nitrogen and oxygen atoms in total. The Hall–Kier alpha value is -3.14. The SMILES string of the molecule is CO[P+]1(O)OCC2OC(n3ccc4c(N)ncnc43)C(O)C2OP(=O)(O)OCC2OC(n3ccc4c(=O)[nH]c(N)nc43)C(O1)C2O. The first-order chi connectivity index (χ1) is 21.9. The fraction of sp³-hybridized carbons (Fsp3) is 0.478. The highest BCUT2D eigenvalue weighted by Crippen LogP contribution is 2.61. The van der Waals surface area contributed by atoms with E-state index in [2.05, 4.69) is 19.9 Å². The average Bonchev–Trinajstić information content (AvgIpc) is 3.77. The van der Waals surface area contributed by atoms with Crippen LogP contribution in [-0.2, 0) is 36.7 Å². The number of H-pyrrole nitrogens is 1. The molecule has 3 saturated heterocycles. The van der Waals surface area contributed by atoms with Gasteiger partial charge in [-0.3, -0.25) is 18.8 Å². The highest BCUT2D eigenvalue weighted by molar-refractivity contribution is 7.55. The number of aromatic amines is 1. The molecular formula is C23H29N8O13P2+. The van der Waals surface area contributed by atoms with Crippen LogP contribution in [0.15, 0.2) is 35.6 Å². The van der Waals surface area contributed by atoms with Crippen molar-refractivity contribution in [2.45, 2.75) is 49.1 Å². The van der Waals surface area contributed by atoms with Crippen molar-refractivity contribution in [2.75, 3.05) is 31.8 Å². The summed E-state index contributed by atoms with van der Waals surface area (Å²) in [6.07, 6.45) is -7.29. The van der Waals surface area contributed by atoms with E-state index >= 15 is 0 Å². The Bertz CT molecular complexity index is 1890. The molecule has 2 bridgehead atoms. The number of aromatic nitrogens is 6. The third kappa shape index (κ3) is 5.38. The molecule has 0 radical (unpaired) electrons. The zero-order chi connectivity index (χ0) is 32.5. The quantitative estimate of drug-likeness (QED) is 0.128. The smallest absolute Gasteiger partial charge is 0.387 e. The topological polar surface area (TPSA) is 296 Å². The monoisotopic (exact) mass is 687 g/mol. The zero-order valence-electron chi connectivity index (χ0n) is 23.7. The zero-order valence-corrected chi connectivity index (χ0v) is 25.5. The maximum Gasteiger partial charge on any atom is 0.572 e. The molecule has 0 spiro atoms. The normalized spacial score (nSPS) is 37.2. The van der Waals surface area contributed by atoms with Crippen LogP contribution < -0.4 is 17.0 Å². The van der Waals surface area contributed by atoms with Crippen LogP contribution in [-0.4, -0.2) is 106 Å². The minimum atomic E-state index is -5.00. The largest absolute Gasteiger partial charge is 0.572 e. The van der Waals surface area contributed by atoms with Crippen molar-refractivity contribution in [3.05, 3.63) is 41.2 Å². The van der Waals surface area contributed by atoms with E-state index in [1.54, 1.807) is 6.07 Å². The first kappa shape index (κ1) is 31.5. The number of nitrogen functional groups attached to an aromatic ring is 2. The molecule has 0 amide bonds. The standard InChI is InChI=1S/C23H28N8O13P2/c1-38-46(37)40-7-12-15(14(33)21(42-12)30-4-2-9-17(24)26-8-27-18(9)30)43-45(35,36)39-6-11-13(32)16(44-46)22(41-11)31-5-3-10-19(31)28-23(25)29-20(10)34/h2-5,8,11-16,21-22,32-33,37H,6-7H2,1H3,(H5-,24,25,26,27,28,29,34,35,36)/p+1. The molecule has 3 aliphatic heterocycles. The summed E-state index contributed by atoms with van der Waals surface area (Å²) in [4.78, 5) is 49.1. The highest BCUT2D eigenvalue weighted by Gasteiger charge is 2.59. The van der Waals surface area contributed by atoms with Gasteiger partial charge in [0, 0.05) is 12.4 Å². The summed E-state index contributed by atoms with van der Waals surface area (Å²) in [5.74, 6) is -0.0245. The van der Waals surface area contributed by atoms with E-state index in [1.807, 2.05) is 0 Å². The molecule has 4 aromatic heterocycles. The summed E-state index contributed by atoms with van der Waals surface area (Å²) < 4.78 is 55.2. The van der Waals surface area contributed by atoms with Crippen molar-refractivity contribution in [3.63, 3.8) is 0 Å². The number of fused-ring (bicyclic) bond motifs is 5. The Balaban J connectivity index is 1.22. The second-order valence-corrected chi connectivity index (χ2v) is 13.8. The molecule has 7 heterocycles. The van der Waals surface area contributed by atoms with E-state index in [4.69, 9.17) is 43.6 Å². The number of aliphatic hydroxyl groups excluding tert-OH is 2. The van der Waals surface area contributed by atoms with Gasteiger partial charge in [0.2, 0.25) is 5.95 Å². The number of nitrogens with zero attached hydrogens (tertiary/aromatic N) is 5. The molecule has 10 unspecified atom stereocenters. The van der Waals surface area contributed by atoms with Gasteiger partial charge in [0.05, 0.1) is 24.5 Å². The third-order valence-electron chi connectivity index (χ3n) is 7.85. The number of phosphoric ester groups is 1. The van der Waals surface area contributed by atoms with Gasteiger partial charge in [-0.1, -0.05) is 0 Å².